The lowest BCUT2D eigenvalue weighted by Gasteiger charge is -2.13. The molecule has 0 fully saturated rings. The van der Waals surface area contributed by atoms with Crippen LogP contribution in [-0.2, 0) is 6.54 Å². The Hall–Kier alpha value is -3.80. The molecule has 0 radical (unpaired) electrons. The van der Waals surface area contributed by atoms with Crippen molar-refractivity contribution in [1.82, 2.24) is 24.3 Å². The zero-order valence-corrected chi connectivity index (χ0v) is 20.2. The molecule has 1 aromatic carbocycles. The van der Waals surface area contributed by atoms with Gasteiger partial charge in [-0.05, 0) is 29.5 Å². The smallest absolute Gasteiger partial charge is 0.422 e. The standard InChI is InChI=1S/C24H22F3N5O3S/c1-3-36-23-30-20(17-11-29-31(14-17)13-16-4-7-19(34-2)8-5-16)10-22(33)32(23)18-6-9-21(28-12-18)35-15-24(25,26)27/h4-12,14H,3,13,15H2,1-2H3. The molecule has 0 saturated heterocycles. The van der Waals surface area contributed by atoms with Gasteiger partial charge in [-0.15, -0.1) is 0 Å². The highest BCUT2D eigenvalue weighted by molar-refractivity contribution is 7.99. The van der Waals surface area contributed by atoms with Crippen LogP contribution in [-0.4, -0.2) is 50.0 Å². The molecule has 0 aliphatic carbocycles. The third-order valence-electron chi connectivity index (χ3n) is 4.96. The fourth-order valence-electron chi connectivity index (χ4n) is 3.32. The van der Waals surface area contributed by atoms with Crippen molar-refractivity contribution < 1.29 is 22.6 Å². The van der Waals surface area contributed by atoms with E-state index in [1.807, 2.05) is 37.4 Å². The molecule has 0 aliphatic rings. The summed E-state index contributed by atoms with van der Waals surface area (Å²) in [5.74, 6) is 1.22. The maximum absolute atomic E-state index is 13.1. The second-order valence-corrected chi connectivity index (χ2v) is 8.79. The third kappa shape index (κ3) is 6.25. The van der Waals surface area contributed by atoms with Crippen LogP contribution in [0.4, 0.5) is 13.2 Å². The van der Waals surface area contributed by atoms with Crippen molar-refractivity contribution >= 4 is 11.8 Å². The average molecular weight is 518 g/mol. The van der Waals surface area contributed by atoms with Gasteiger partial charge in [-0.2, -0.15) is 18.3 Å². The molecule has 0 saturated carbocycles. The van der Waals surface area contributed by atoms with Gasteiger partial charge in [-0.3, -0.25) is 14.0 Å². The summed E-state index contributed by atoms with van der Waals surface area (Å²) in [4.78, 5) is 21.6. The molecule has 36 heavy (non-hydrogen) atoms. The van der Waals surface area contributed by atoms with E-state index in [4.69, 9.17) is 4.74 Å². The van der Waals surface area contributed by atoms with E-state index in [0.29, 0.717) is 34.4 Å². The number of rotatable bonds is 9. The average Bonchev–Trinajstić information content (AvgIpc) is 3.32. The first kappa shape index (κ1) is 25.3. The number of aromatic nitrogens is 5. The molecule has 0 bridgehead atoms. The fourth-order valence-corrected chi connectivity index (χ4v) is 4.06. The van der Waals surface area contributed by atoms with Crippen LogP contribution in [0.1, 0.15) is 12.5 Å². The van der Waals surface area contributed by atoms with E-state index in [9.17, 15) is 18.0 Å². The van der Waals surface area contributed by atoms with E-state index in [1.54, 1.807) is 18.0 Å². The Morgan fingerprint density at radius 1 is 1.08 bits per heavy atom. The zero-order valence-electron chi connectivity index (χ0n) is 19.4. The number of alkyl halides is 3. The highest BCUT2D eigenvalue weighted by atomic mass is 32.2. The summed E-state index contributed by atoms with van der Waals surface area (Å²) in [5.41, 5.74) is 2.19. The normalized spacial score (nSPS) is 11.5. The summed E-state index contributed by atoms with van der Waals surface area (Å²) in [7, 11) is 1.61. The van der Waals surface area contributed by atoms with E-state index < -0.39 is 12.8 Å². The number of pyridine rings is 1. The van der Waals surface area contributed by atoms with Gasteiger partial charge >= 0.3 is 6.18 Å². The molecule has 0 N–H and O–H groups in total. The first-order valence-electron chi connectivity index (χ1n) is 10.8. The van der Waals surface area contributed by atoms with Gasteiger partial charge < -0.3 is 9.47 Å². The Bertz CT molecular complexity index is 1370. The van der Waals surface area contributed by atoms with Crippen molar-refractivity contribution in [3.8, 4) is 28.6 Å². The summed E-state index contributed by atoms with van der Waals surface area (Å²) in [6, 6.07) is 11.8. The number of hydrogen-bond donors (Lipinski definition) is 0. The fraction of sp³-hybridized carbons (Fsp3) is 0.250. The van der Waals surface area contributed by atoms with Gasteiger partial charge in [-0.25, -0.2) is 9.97 Å². The molecule has 3 heterocycles. The molecule has 4 rings (SSSR count). The van der Waals surface area contributed by atoms with Gasteiger partial charge in [0.2, 0.25) is 5.88 Å². The second-order valence-electron chi connectivity index (χ2n) is 7.56. The molecule has 0 aliphatic heterocycles. The van der Waals surface area contributed by atoms with Crippen LogP contribution < -0.4 is 15.0 Å². The highest BCUT2D eigenvalue weighted by Crippen LogP contribution is 2.24. The van der Waals surface area contributed by atoms with E-state index in [2.05, 4.69) is 19.8 Å². The van der Waals surface area contributed by atoms with E-state index >= 15 is 0 Å². The SMILES string of the molecule is CCSc1nc(-c2cnn(Cc3ccc(OC)cc3)c2)cc(=O)n1-c1ccc(OCC(F)(F)F)nc1. The summed E-state index contributed by atoms with van der Waals surface area (Å²) >= 11 is 1.36. The lowest BCUT2D eigenvalue weighted by atomic mass is 10.2. The summed E-state index contributed by atoms with van der Waals surface area (Å²) < 4.78 is 50.1. The van der Waals surface area contributed by atoms with Crippen LogP contribution in [0.15, 0.2) is 71.0 Å². The van der Waals surface area contributed by atoms with Gasteiger partial charge in [0.25, 0.3) is 5.56 Å². The molecular weight excluding hydrogens is 495 g/mol. The summed E-state index contributed by atoms with van der Waals surface area (Å²) in [5, 5.41) is 4.81. The van der Waals surface area contributed by atoms with Crippen molar-refractivity contribution in [3.05, 3.63) is 77.0 Å². The summed E-state index contributed by atoms with van der Waals surface area (Å²) in [6.45, 7) is 1.01. The minimum atomic E-state index is -4.47. The molecule has 8 nitrogen and oxygen atoms in total. The topological polar surface area (TPSA) is 84.1 Å². The van der Waals surface area contributed by atoms with Gasteiger partial charge in [0, 0.05) is 23.9 Å². The van der Waals surface area contributed by atoms with E-state index in [-0.39, 0.29) is 11.4 Å². The highest BCUT2D eigenvalue weighted by Gasteiger charge is 2.28. The van der Waals surface area contributed by atoms with Crippen LogP contribution in [0.5, 0.6) is 11.6 Å². The largest absolute Gasteiger partial charge is 0.497 e. The van der Waals surface area contributed by atoms with Crippen molar-refractivity contribution in [2.75, 3.05) is 19.5 Å². The van der Waals surface area contributed by atoms with Crippen molar-refractivity contribution in [2.24, 2.45) is 0 Å². The predicted molar refractivity (Wildman–Crippen MR) is 129 cm³/mol. The quantitative estimate of drug-likeness (QED) is 0.237. The van der Waals surface area contributed by atoms with E-state index in [1.165, 1.54) is 40.7 Å². The maximum atomic E-state index is 13.1. The number of nitrogens with zero attached hydrogens (tertiary/aromatic N) is 5. The first-order chi connectivity index (χ1) is 17.3. The first-order valence-corrected chi connectivity index (χ1v) is 11.8. The van der Waals surface area contributed by atoms with Crippen molar-refractivity contribution in [3.63, 3.8) is 0 Å². The van der Waals surface area contributed by atoms with Crippen LogP contribution in [0, 0.1) is 0 Å². The molecule has 188 valence electrons. The number of thioether (sulfide) groups is 1. The number of benzene rings is 1. The summed E-state index contributed by atoms with van der Waals surface area (Å²) in [6.07, 6.45) is 0.265. The molecule has 4 aromatic rings. The van der Waals surface area contributed by atoms with Crippen LogP contribution >= 0.6 is 11.8 Å². The monoisotopic (exact) mass is 517 g/mol. The number of halogens is 3. The minimum absolute atomic E-state index is 0.192. The molecule has 0 unspecified atom stereocenters. The predicted octanol–water partition coefficient (Wildman–Crippen LogP) is 4.60. The van der Waals surface area contributed by atoms with Gasteiger partial charge in [0.15, 0.2) is 11.8 Å². The molecule has 0 atom stereocenters. The number of hydrogen-bond acceptors (Lipinski definition) is 7. The number of ether oxygens (including phenoxy) is 2. The number of methoxy groups -OCH3 is 1. The van der Waals surface area contributed by atoms with E-state index in [0.717, 1.165) is 11.3 Å². The molecular formula is C24H22F3N5O3S. The molecule has 0 spiro atoms. The second kappa shape index (κ2) is 10.9. The Labute approximate surface area is 208 Å². The molecule has 3 aromatic heterocycles. The third-order valence-corrected chi connectivity index (χ3v) is 5.78. The Kier molecular flexibility index (Phi) is 7.63. The van der Waals surface area contributed by atoms with Gasteiger partial charge in [-0.1, -0.05) is 30.8 Å². The van der Waals surface area contributed by atoms with Gasteiger partial charge in [0.05, 0.1) is 37.4 Å². The van der Waals surface area contributed by atoms with Crippen LogP contribution in [0.2, 0.25) is 0 Å². The molecule has 12 heteroatoms. The molecule has 0 amide bonds. The zero-order chi connectivity index (χ0) is 25.7. The Morgan fingerprint density at radius 2 is 1.86 bits per heavy atom. The van der Waals surface area contributed by atoms with Crippen LogP contribution in [0.25, 0.3) is 16.9 Å². The lowest BCUT2D eigenvalue weighted by molar-refractivity contribution is -0.154. The Balaban J connectivity index is 1.58. The minimum Gasteiger partial charge on any atom is -0.497 e. The maximum Gasteiger partial charge on any atom is 0.422 e. The Morgan fingerprint density at radius 3 is 2.50 bits per heavy atom. The van der Waals surface area contributed by atoms with Crippen LogP contribution in [0.3, 0.4) is 0 Å². The van der Waals surface area contributed by atoms with Crippen molar-refractivity contribution in [1.29, 1.82) is 0 Å². The van der Waals surface area contributed by atoms with Gasteiger partial charge in [0.1, 0.15) is 5.75 Å². The van der Waals surface area contributed by atoms with Crippen molar-refractivity contribution in [2.45, 2.75) is 24.8 Å². The lowest BCUT2D eigenvalue weighted by Crippen LogP contribution is -2.22.